The third-order valence-corrected chi connectivity index (χ3v) is 4.75. The van der Waals surface area contributed by atoms with E-state index in [2.05, 4.69) is 10.6 Å². The average molecular weight is 350 g/mol. The molecule has 126 valence electrons. The molecule has 2 aromatic carbocycles. The number of benzene rings is 2. The van der Waals surface area contributed by atoms with Crippen LogP contribution in [0.3, 0.4) is 0 Å². The molecule has 4 nitrogen and oxygen atoms in total. The fourth-order valence-electron chi connectivity index (χ4n) is 2.45. The largest absolute Gasteiger partial charge is 0.322 e. The van der Waals surface area contributed by atoms with E-state index in [0.29, 0.717) is 21.8 Å². The van der Waals surface area contributed by atoms with Crippen LogP contribution in [0, 0.1) is 13.8 Å². The topological polar surface area (TPSA) is 58.2 Å². The van der Waals surface area contributed by atoms with E-state index in [1.54, 1.807) is 18.2 Å². The van der Waals surface area contributed by atoms with Gasteiger partial charge in [-0.1, -0.05) is 30.3 Å². The van der Waals surface area contributed by atoms with Gasteiger partial charge in [0.05, 0.1) is 4.88 Å². The Kier molecular flexibility index (Phi) is 4.95. The third-order valence-electron chi connectivity index (χ3n) is 3.88. The van der Waals surface area contributed by atoms with Gasteiger partial charge < -0.3 is 10.6 Å². The van der Waals surface area contributed by atoms with E-state index >= 15 is 0 Å². The summed E-state index contributed by atoms with van der Waals surface area (Å²) in [5.41, 5.74) is 3.80. The van der Waals surface area contributed by atoms with Crippen molar-refractivity contribution in [2.24, 2.45) is 0 Å². The number of thiophene rings is 1. The maximum absolute atomic E-state index is 12.5. The third kappa shape index (κ3) is 3.95. The van der Waals surface area contributed by atoms with Crippen LogP contribution in [-0.2, 0) is 0 Å². The minimum absolute atomic E-state index is 0.157. The molecule has 0 aliphatic heterocycles. The van der Waals surface area contributed by atoms with Crippen molar-refractivity contribution in [3.8, 4) is 0 Å². The van der Waals surface area contributed by atoms with Gasteiger partial charge in [-0.2, -0.15) is 0 Å². The number of anilines is 2. The van der Waals surface area contributed by atoms with E-state index in [1.165, 1.54) is 11.3 Å². The molecule has 1 heterocycles. The highest BCUT2D eigenvalue weighted by Crippen LogP contribution is 2.22. The van der Waals surface area contributed by atoms with Crippen molar-refractivity contribution < 1.29 is 9.59 Å². The standard InChI is InChI=1S/C20H18N2O2S/c1-13-6-3-4-7-16(13)19(23)22-17-12-15(10-9-14(17)2)21-20(24)18-8-5-11-25-18/h3-12H,1-2H3,(H,21,24)(H,22,23). The van der Waals surface area contributed by atoms with Crippen LogP contribution < -0.4 is 10.6 Å². The van der Waals surface area contributed by atoms with Crippen molar-refractivity contribution in [2.45, 2.75) is 13.8 Å². The van der Waals surface area contributed by atoms with E-state index in [-0.39, 0.29) is 11.8 Å². The summed E-state index contributed by atoms with van der Waals surface area (Å²) in [5, 5.41) is 7.64. The molecule has 0 radical (unpaired) electrons. The highest BCUT2D eigenvalue weighted by atomic mass is 32.1. The molecule has 0 aliphatic carbocycles. The number of rotatable bonds is 4. The first kappa shape index (κ1) is 16.9. The van der Waals surface area contributed by atoms with Crippen LogP contribution in [0.5, 0.6) is 0 Å². The van der Waals surface area contributed by atoms with Crippen LogP contribution in [0.25, 0.3) is 0 Å². The molecule has 3 rings (SSSR count). The van der Waals surface area contributed by atoms with E-state index in [0.717, 1.165) is 11.1 Å². The molecule has 2 amide bonds. The quantitative estimate of drug-likeness (QED) is 0.705. The molecule has 0 saturated carbocycles. The number of nitrogens with one attached hydrogen (secondary N) is 2. The molecule has 0 spiro atoms. The van der Waals surface area contributed by atoms with Crippen LogP contribution in [0.2, 0.25) is 0 Å². The first-order valence-corrected chi connectivity index (χ1v) is 8.75. The monoisotopic (exact) mass is 350 g/mol. The Hall–Kier alpha value is -2.92. The zero-order chi connectivity index (χ0) is 17.8. The van der Waals surface area contributed by atoms with Crippen LogP contribution in [-0.4, -0.2) is 11.8 Å². The number of amides is 2. The highest BCUT2D eigenvalue weighted by Gasteiger charge is 2.12. The van der Waals surface area contributed by atoms with Gasteiger partial charge >= 0.3 is 0 Å². The smallest absolute Gasteiger partial charge is 0.265 e. The van der Waals surface area contributed by atoms with Gasteiger partial charge in [0.25, 0.3) is 11.8 Å². The summed E-state index contributed by atoms with van der Waals surface area (Å²) in [4.78, 5) is 25.3. The second kappa shape index (κ2) is 7.32. The van der Waals surface area contributed by atoms with Crippen molar-refractivity contribution in [1.29, 1.82) is 0 Å². The maximum atomic E-state index is 12.5. The van der Waals surface area contributed by atoms with E-state index < -0.39 is 0 Å². The predicted octanol–water partition coefficient (Wildman–Crippen LogP) is 4.87. The second-order valence-electron chi connectivity index (χ2n) is 5.73. The molecule has 0 bridgehead atoms. The lowest BCUT2D eigenvalue weighted by molar-refractivity contribution is 0.102. The van der Waals surface area contributed by atoms with E-state index in [1.807, 2.05) is 55.6 Å². The number of hydrogen-bond donors (Lipinski definition) is 2. The van der Waals surface area contributed by atoms with Gasteiger partial charge in [-0.25, -0.2) is 0 Å². The van der Waals surface area contributed by atoms with Crippen molar-refractivity contribution in [2.75, 3.05) is 10.6 Å². The molecular formula is C20H18N2O2S. The Bertz CT molecular complexity index is 917. The van der Waals surface area contributed by atoms with Gasteiger partial charge in [0.15, 0.2) is 0 Å². The Labute approximate surface area is 150 Å². The molecule has 0 aliphatic rings. The van der Waals surface area contributed by atoms with Gasteiger partial charge in [-0.3, -0.25) is 9.59 Å². The lowest BCUT2D eigenvalue weighted by Crippen LogP contribution is -2.15. The van der Waals surface area contributed by atoms with Gasteiger partial charge in [-0.05, 0) is 54.6 Å². The molecule has 0 unspecified atom stereocenters. The molecule has 0 saturated heterocycles. The SMILES string of the molecule is Cc1ccc(NC(=O)c2cccs2)cc1NC(=O)c1ccccc1C. The summed E-state index contributed by atoms with van der Waals surface area (Å²) in [6, 6.07) is 16.5. The summed E-state index contributed by atoms with van der Waals surface area (Å²) < 4.78 is 0. The lowest BCUT2D eigenvalue weighted by atomic mass is 10.1. The van der Waals surface area contributed by atoms with E-state index in [9.17, 15) is 9.59 Å². The van der Waals surface area contributed by atoms with Crippen molar-refractivity contribution in [3.05, 3.63) is 81.5 Å². The zero-order valence-corrected chi connectivity index (χ0v) is 14.8. The molecule has 25 heavy (non-hydrogen) atoms. The normalized spacial score (nSPS) is 10.3. The van der Waals surface area contributed by atoms with Gasteiger partial charge in [0.1, 0.15) is 0 Å². The minimum atomic E-state index is -0.164. The van der Waals surface area contributed by atoms with E-state index in [4.69, 9.17) is 0 Å². The average Bonchev–Trinajstić information content (AvgIpc) is 3.13. The fraction of sp³-hybridized carbons (Fsp3) is 0.100. The van der Waals surface area contributed by atoms with Crippen LogP contribution in [0.1, 0.15) is 31.2 Å². The molecule has 5 heteroatoms. The first-order valence-electron chi connectivity index (χ1n) is 7.87. The number of carbonyl (C=O) groups is 2. The highest BCUT2D eigenvalue weighted by molar-refractivity contribution is 7.12. The lowest BCUT2D eigenvalue weighted by Gasteiger charge is -2.12. The van der Waals surface area contributed by atoms with Crippen molar-refractivity contribution >= 4 is 34.5 Å². The molecule has 3 aromatic rings. The van der Waals surface area contributed by atoms with Gasteiger partial charge in [0.2, 0.25) is 0 Å². The number of carbonyl (C=O) groups excluding carboxylic acids is 2. The number of hydrogen-bond acceptors (Lipinski definition) is 3. The summed E-state index contributed by atoms with van der Waals surface area (Å²) in [5.74, 6) is -0.321. The molecule has 0 atom stereocenters. The van der Waals surface area contributed by atoms with Crippen LogP contribution in [0.4, 0.5) is 11.4 Å². The summed E-state index contributed by atoms with van der Waals surface area (Å²) in [6.45, 7) is 3.82. The Morgan fingerprint density at radius 1 is 0.840 bits per heavy atom. The Morgan fingerprint density at radius 3 is 2.36 bits per heavy atom. The fourth-order valence-corrected chi connectivity index (χ4v) is 3.07. The first-order chi connectivity index (χ1) is 12.0. The van der Waals surface area contributed by atoms with Gasteiger partial charge in [-0.15, -0.1) is 11.3 Å². The molecule has 2 N–H and O–H groups in total. The zero-order valence-electron chi connectivity index (χ0n) is 14.0. The summed E-state index contributed by atoms with van der Waals surface area (Å²) >= 11 is 1.39. The molecule has 0 fully saturated rings. The molecule has 1 aromatic heterocycles. The van der Waals surface area contributed by atoms with Crippen LogP contribution in [0.15, 0.2) is 60.0 Å². The summed E-state index contributed by atoms with van der Waals surface area (Å²) in [6.07, 6.45) is 0. The van der Waals surface area contributed by atoms with Crippen LogP contribution >= 0.6 is 11.3 Å². The van der Waals surface area contributed by atoms with Crippen molar-refractivity contribution in [1.82, 2.24) is 0 Å². The summed E-state index contributed by atoms with van der Waals surface area (Å²) in [7, 11) is 0. The minimum Gasteiger partial charge on any atom is -0.322 e. The van der Waals surface area contributed by atoms with Crippen molar-refractivity contribution in [3.63, 3.8) is 0 Å². The predicted molar refractivity (Wildman–Crippen MR) is 103 cm³/mol. The molecular weight excluding hydrogens is 332 g/mol. The number of aryl methyl sites for hydroxylation is 2. The maximum Gasteiger partial charge on any atom is 0.265 e. The van der Waals surface area contributed by atoms with Gasteiger partial charge in [0, 0.05) is 16.9 Å². The second-order valence-corrected chi connectivity index (χ2v) is 6.68. The Morgan fingerprint density at radius 2 is 1.64 bits per heavy atom. The Balaban J connectivity index is 1.79.